The van der Waals surface area contributed by atoms with Gasteiger partial charge in [0.25, 0.3) is 0 Å². The van der Waals surface area contributed by atoms with E-state index in [1.54, 1.807) is 12.1 Å². The van der Waals surface area contributed by atoms with Gasteiger partial charge in [-0.05, 0) is 49.6 Å². The monoisotopic (exact) mass is 309 g/mol. The Bertz CT molecular complexity index is 601. The highest BCUT2D eigenvalue weighted by Crippen LogP contribution is 2.37. The zero-order chi connectivity index (χ0) is 14.1. The van der Waals surface area contributed by atoms with E-state index in [1.807, 2.05) is 18.3 Å². The number of hydrogen-bond donors (Lipinski definition) is 1. The molecule has 1 heterocycles. The van der Waals surface area contributed by atoms with Gasteiger partial charge in [-0.25, -0.2) is 4.39 Å². The van der Waals surface area contributed by atoms with E-state index < -0.39 is 0 Å². The van der Waals surface area contributed by atoms with Crippen molar-refractivity contribution in [2.75, 3.05) is 6.54 Å². The summed E-state index contributed by atoms with van der Waals surface area (Å²) >= 11 is 7.66. The summed E-state index contributed by atoms with van der Waals surface area (Å²) in [7, 11) is 0. The Morgan fingerprint density at radius 2 is 2.20 bits per heavy atom. The first kappa shape index (κ1) is 14.1. The van der Waals surface area contributed by atoms with Gasteiger partial charge in [0.05, 0.1) is 6.04 Å². The van der Waals surface area contributed by atoms with Crippen LogP contribution < -0.4 is 5.32 Å². The number of benzene rings is 1. The third kappa shape index (κ3) is 2.62. The van der Waals surface area contributed by atoms with E-state index in [1.165, 1.54) is 34.2 Å². The molecule has 2 aromatic rings. The predicted octanol–water partition coefficient (Wildman–Crippen LogP) is 4.73. The number of nitrogens with one attached hydrogen (secondary N) is 1. The van der Waals surface area contributed by atoms with Gasteiger partial charge >= 0.3 is 0 Å². The third-order valence-electron chi connectivity index (χ3n) is 3.73. The lowest BCUT2D eigenvalue weighted by atomic mass is 10.0. The average molecular weight is 310 g/mol. The van der Waals surface area contributed by atoms with Crippen LogP contribution in [0.1, 0.15) is 40.3 Å². The molecule has 3 rings (SSSR count). The van der Waals surface area contributed by atoms with Gasteiger partial charge < -0.3 is 5.32 Å². The number of thiophene rings is 1. The van der Waals surface area contributed by atoms with Crippen LogP contribution in [0.3, 0.4) is 0 Å². The van der Waals surface area contributed by atoms with Crippen LogP contribution in [0, 0.1) is 5.82 Å². The van der Waals surface area contributed by atoms with E-state index in [9.17, 15) is 4.39 Å². The summed E-state index contributed by atoms with van der Waals surface area (Å²) in [5.41, 5.74) is 2.12. The van der Waals surface area contributed by atoms with Gasteiger partial charge in [-0.1, -0.05) is 24.6 Å². The molecular weight excluding hydrogens is 293 g/mol. The van der Waals surface area contributed by atoms with Gasteiger partial charge in [-0.15, -0.1) is 11.3 Å². The minimum atomic E-state index is -0.239. The van der Waals surface area contributed by atoms with Crippen LogP contribution >= 0.6 is 22.9 Å². The van der Waals surface area contributed by atoms with Crippen molar-refractivity contribution in [3.05, 3.63) is 56.0 Å². The molecule has 1 unspecified atom stereocenters. The van der Waals surface area contributed by atoms with Crippen molar-refractivity contribution in [1.29, 1.82) is 0 Å². The molecule has 0 spiro atoms. The van der Waals surface area contributed by atoms with Crippen molar-refractivity contribution >= 4 is 22.9 Å². The number of aryl methyl sites for hydroxylation is 2. The molecule has 1 aliphatic carbocycles. The second-order valence-corrected chi connectivity index (χ2v) is 6.71. The zero-order valence-electron chi connectivity index (χ0n) is 11.4. The van der Waals surface area contributed by atoms with E-state index in [2.05, 4.69) is 11.4 Å². The standard InChI is InChI=1S/C16H17ClFNS/c1-2-19-16(12-7-6-11(17)9-13(12)18)15-8-10-4-3-5-14(10)20-15/h6-9,16,19H,2-5H2,1H3. The van der Waals surface area contributed by atoms with E-state index in [0.29, 0.717) is 10.6 Å². The van der Waals surface area contributed by atoms with E-state index in [4.69, 9.17) is 11.6 Å². The maximum absolute atomic E-state index is 14.2. The fourth-order valence-electron chi connectivity index (χ4n) is 2.80. The van der Waals surface area contributed by atoms with Crippen molar-refractivity contribution in [3.63, 3.8) is 0 Å². The Labute approximate surface area is 127 Å². The molecule has 106 valence electrons. The Balaban J connectivity index is 1.99. The first-order valence-electron chi connectivity index (χ1n) is 6.99. The second-order valence-electron chi connectivity index (χ2n) is 5.11. The van der Waals surface area contributed by atoms with Crippen LogP contribution in [-0.4, -0.2) is 6.54 Å². The number of fused-ring (bicyclic) bond motifs is 1. The van der Waals surface area contributed by atoms with Gasteiger partial charge in [-0.3, -0.25) is 0 Å². The summed E-state index contributed by atoms with van der Waals surface area (Å²) < 4.78 is 14.2. The summed E-state index contributed by atoms with van der Waals surface area (Å²) in [4.78, 5) is 2.68. The van der Waals surface area contributed by atoms with Crippen molar-refractivity contribution in [3.8, 4) is 0 Å². The molecule has 0 fully saturated rings. The van der Waals surface area contributed by atoms with Crippen LogP contribution in [-0.2, 0) is 12.8 Å². The molecule has 1 aromatic carbocycles. The smallest absolute Gasteiger partial charge is 0.129 e. The molecule has 20 heavy (non-hydrogen) atoms. The first-order valence-corrected chi connectivity index (χ1v) is 8.18. The molecule has 0 saturated heterocycles. The molecule has 1 nitrogen and oxygen atoms in total. The van der Waals surface area contributed by atoms with E-state index >= 15 is 0 Å². The lowest BCUT2D eigenvalue weighted by Gasteiger charge is -2.18. The number of hydrogen-bond acceptors (Lipinski definition) is 2. The summed E-state index contributed by atoms with van der Waals surface area (Å²) in [6.07, 6.45) is 3.58. The maximum Gasteiger partial charge on any atom is 0.129 e. The molecule has 4 heteroatoms. The lowest BCUT2D eigenvalue weighted by molar-refractivity contribution is 0.563. The number of rotatable bonds is 4. The molecule has 0 amide bonds. The van der Waals surface area contributed by atoms with Crippen molar-refractivity contribution in [2.45, 2.75) is 32.2 Å². The van der Waals surface area contributed by atoms with Crippen LogP contribution in [0.2, 0.25) is 5.02 Å². The van der Waals surface area contributed by atoms with E-state index in [-0.39, 0.29) is 11.9 Å². The fourth-order valence-corrected chi connectivity index (χ4v) is 4.31. The highest BCUT2D eigenvalue weighted by atomic mass is 35.5. The SMILES string of the molecule is CCNC(c1cc2c(s1)CCC2)c1ccc(Cl)cc1F. The highest BCUT2D eigenvalue weighted by molar-refractivity contribution is 7.12. The summed E-state index contributed by atoms with van der Waals surface area (Å²) in [5.74, 6) is -0.239. The average Bonchev–Trinajstić information content (AvgIpc) is 2.97. The summed E-state index contributed by atoms with van der Waals surface area (Å²) in [5, 5.41) is 3.83. The topological polar surface area (TPSA) is 12.0 Å². The molecule has 0 aliphatic heterocycles. The highest BCUT2D eigenvalue weighted by Gasteiger charge is 2.23. The van der Waals surface area contributed by atoms with Gasteiger partial charge in [0.15, 0.2) is 0 Å². The van der Waals surface area contributed by atoms with Gasteiger partial charge in [0, 0.05) is 20.3 Å². The molecule has 1 aliphatic rings. The van der Waals surface area contributed by atoms with Crippen LogP contribution in [0.25, 0.3) is 0 Å². The molecule has 1 aromatic heterocycles. The van der Waals surface area contributed by atoms with Crippen LogP contribution in [0.5, 0.6) is 0 Å². The maximum atomic E-state index is 14.2. The first-order chi connectivity index (χ1) is 9.69. The molecular formula is C16H17ClFNS. The number of halogens is 2. The Morgan fingerprint density at radius 1 is 1.35 bits per heavy atom. The quantitative estimate of drug-likeness (QED) is 0.861. The van der Waals surface area contributed by atoms with Crippen molar-refractivity contribution in [1.82, 2.24) is 5.32 Å². The van der Waals surface area contributed by atoms with E-state index in [0.717, 1.165) is 13.0 Å². The Morgan fingerprint density at radius 3 is 2.90 bits per heavy atom. The normalized spacial score (nSPS) is 15.3. The van der Waals surface area contributed by atoms with Gasteiger partial charge in [-0.2, -0.15) is 0 Å². The van der Waals surface area contributed by atoms with Gasteiger partial charge in [0.2, 0.25) is 0 Å². The zero-order valence-corrected chi connectivity index (χ0v) is 13.0. The molecule has 0 radical (unpaired) electrons. The fraction of sp³-hybridized carbons (Fsp3) is 0.375. The Hall–Kier alpha value is -0.900. The minimum absolute atomic E-state index is 0.0760. The van der Waals surface area contributed by atoms with Gasteiger partial charge in [0.1, 0.15) is 5.82 Å². The minimum Gasteiger partial charge on any atom is -0.306 e. The summed E-state index contributed by atoms with van der Waals surface area (Å²) in [6.45, 7) is 2.84. The molecule has 1 N–H and O–H groups in total. The Kier molecular flexibility index (Phi) is 4.11. The summed E-state index contributed by atoms with van der Waals surface area (Å²) in [6, 6.07) is 7.10. The van der Waals surface area contributed by atoms with Crippen molar-refractivity contribution < 1.29 is 4.39 Å². The molecule has 0 bridgehead atoms. The molecule has 0 saturated carbocycles. The third-order valence-corrected chi connectivity index (χ3v) is 5.27. The lowest BCUT2D eigenvalue weighted by Crippen LogP contribution is -2.22. The van der Waals surface area contributed by atoms with Crippen LogP contribution in [0.4, 0.5) is 4.39 Å². The predicted molar refractivity (Wildman–Crippen MR) is 83.3 cm³/mol. The largest absolute Gasteiger partial charge is 0.306 e. The second kappa shape index (κ2) is 5.84. The molecule has 1 atom stereocenters. The van der Waals surface area contributed by atoms with Crippen LogP contribution in [0.15, 0.2) is 24.3 Å². The van der Waals surface area contributed by atoms with Crippen molar-refractivity contribution in [2.24, 2.45) is 0 Å².